The normalized spacial score (nSPS) is 14.5. The van der Waals surface area contributed by atoms with Crippen LogP contribution in [0.2, 0.25) is 0 Å². The molecule has 1 aliphatic rings. The number of anilines is 2. The number of hydrogen-bond donors (Lipinski definition) is 1. The van der Waals surface area contributed by atoms with Crippen LogP contribution in [0.5, 0.6) is 0 Å². The third-order valence-electron chi connectivity index (χ3n) is 4.68. The standard InChI is InChI=1S/C20H25N3O/c1-3-16-9-7-8-15(2)19(16)22-20(24)18-11-10-17(14-21-18)23-12-5-4-6-13-23/h7-11,14H,3-6,12-13H2,1-2H3,(H,22,24). The van der Waals surface area contributed by atoms with Gasteiger partial charge in [0.2, 0.25) is 0 Å². The minimum atomic E-state index is -0.149. The molecule has 1 aliphatic heterocycles. The van der Waals surface area contributed by atoms with E-state index < -0.39 is 0 Å². The molecule has 1 aromatic carbocycles. The number of piperidine rings is 1. The fraction of sp³-hybridized carbons (Fsp3) is 0.400. The molecule has 1 saturated heterocycles. The number of nitrogens with one attached hydrogen (secondary N) is 1. The van der Waals surface area contributed by atoms with Crippen LogP contribution in [0.4, 0.5) is 11.4 Å². The van der Waals surface area contributed by atoms with Crippen molar-refractivity contribution >= 4 is 17.3 Å². The second-order valence-corrected chi connectivity index (χ2v) is 6.37. The lowest BCUT2D eigenvalue weighted by Gasteiger charge is -2.28. The van der Waals surface area contributed by atoms with E-state index in [-0.39, 0.29) is 5.91 Å². The van der Waals surface area contributed by atoms with Gasteiger partial charge in [-0.3, -0.25) is 4.79 Å². The van der Waals surface area contributed by atoms with E-state index in [0.29, 0.717) is 5.69 Å². The van der Waals surface area contributed by atoms with Crippen molar-refractivity contribution in [1.29, 1.82) is 0 Å². The molecule has 0 radical (unpaired) electrons. The van der Waals surface area contributed by atoms with Gasteiger partial charge in [0.05, 0.1) is 11.9 Å². The molecule has 0 bridgehead atoms. The Hall–Kier alpha value is -2.36. The molecule has 4 nitrogen and oxygen atoms in total. The van der Waals surface area contributed by atoms with Gasteiger partial charge in [0.25, 0.3) is 5.91 Å². The number of pyridine rings is 1. The van der Waals surface area contributed by atoms with E-state index in [9.17, 15) is 4.79 Å². The Kier molecular flexibility index (Phi) is 5.14. The number of para-hydroxylation sites is 1. The van der Waals surface area contributed by atoms with Gasteiger partial charge in [-0.1, -0.05) is 25.1 Å². The van der Waals surface area contributed by atoms with E-state index in [0.717, 1.165) is 42.0 Å². The minimum Gasteiger partial charge on any atom is -0.370 e. The number of rotatable bonds is 4. The minimum absolute atomic E-state index is 0.149. The average Bonchev–Trinajstić information content (AvgIpc) is 2.64. The van der Waals surface area contributed by atoms with Crippen LogP contribution < -0.4 is 10.2 Å². The molecule has 0 atom stereocenters. The van der Waals surface area contributed by atoms with Crippen LogP contribution in [0.3, 0.4) is 0 Å². The van der Waals surface area contributed by atoms with Crippen LogP contribution in [0.1, 0.15) is 47.8 Å². The number of nitrogens with zero attached hydrogens (tertiary/aromatic N) is 2. The lowest BCUT2D eigenvalue weighted by Crippen LogP contribution is -2.29. The van der Waals surface area contributed by atoms with Gasteiger partial charge < -0.3 is 10.2 Å². The highest BCUT2D eigenvalue weighted by atomic mass is 16.1. The summed E-state index contributed by atoms with van der Waals surface area (Å²) in [5.41, 5.74) is 4.70. The van der Waals surface area contributed by atoms with E-state index >= 15 is 0 Å². The van der Waals surface area contributed by atoms with Crippen LogP contribution in [-0.4, -0.2) is 24.0 Å². The summed E-state index contributed by atoms with van der Waals surface area (Å²) in [6.07, 6.45) is 6.47. The highest BCUT2D eigenvalue weighted by Crippen LogP contribution is 2.22. The topological polar surface area (TPSA) is 45.2 Å². The van der Waals surface area contributed by atoms with Crippen LogP contribution >= 0.6 is 0 Å². The molecule has 0 unspecified atom stereocenters. The van der Waals surface area contributed by atoms with E-state index in [1.165, 1.54) is 19.3 Å². The third kappa shape index (κ3) is 3.58. The van der Waals surface area contributed by atoms with Gasteiger partial charge in [0, 0.05) is 18.8 Å². The molecule has 3 rings (SSSR count). The highest BCUT2D eigenvalue weighted by molar-refractivity contribution is 6.03. The van der Waals surface area contributed by atoms with E-state index in [4.69, 9.17) is 0 Å². The Morgan fingerprint density at radius 2 is 1.96 bits per heavy atom. The number of hydrogen-bond acceptors (Lipinski definition) is 3. The summed E-state index contributed by atoms with van der Waals surface area (Å²) >= 11 is 0. The Balaban J connectivity index is 1.74. The number of aromatic nitrogens is 1. The fourth-order valence-electron chi connectivity index (χ4n) is 3.24. The molecule has 1 aromatic heterocycles. The van der Waals surface area contributed by atoms with Crippen molar-refractivity contribution in [3.05, 3.63) is 53.3 Å². The van der Waals surface area contributed by atoms with Crippen LogP contribution in [0, 0.1) is 6.92 Å². The SMILES string of the molecule is CCc1cccc(C)c1NC(=O)c1ccc(N2CCCCC2)cn1. The molecule has 1 amide bonds. The zero-order valence-electron chi connectivity index (χ0n) is 14.5. The van der Waals surface area contributed by atoms with Gasteiger partial charge in [0.1, 0.15) is 5.69 Å². The van der Waals surface area contributed by atoms with E-state index in [2.05, 4.69) is 28.2 Å². The molecule has 126 valence electrons. The third-order valence-corrected chi connectivity index (χ3v) is 4.68. The number of benzene rings is 1. The van der Waals surface area contributed by atoms with Crippen molar-refractivity contribution in [2.75, 3.05) is 23.3 Å². The van der Waals surface area contributed by atoms with Gasteiger partial charge in [-0.05, 0) is 55.9 Å². The summed E-state index contributed by atoms with van der Waals surface area (Å²) in [6, 6.07) is 9.92. The predicted molar refractivity (Wildman–Crippen MR) is 98.8 cm³/mol. The predicted octanol–water partition coefficient (Wildman–Crippen LogP) is 4.20. The highest BCUT2D eigenvalue weighted by Gasteiger charge is 2.14. The van der Waals surface area contributed by atoms with Gasteiger partial charge in [0.15, 0.2) is 0 Å². The van der Waals surface area contributed by atoms with Crippen molar-refractivity contribution in [1.82, 2.24) is 4.98 Å². The molecular weight excluding hydrogens is 298 g/mol. The monoisotopic (exact) mass is 323 g/mol. The first-order valence-corrected chi connectivity index (χ1v) is 8.80. The molecule has 0 aliphatic carbocycles. The summed E-state index contributed by atoms with van der Waals surface area (Å²) in [5.74, 6) is -0.149. The van der Waals surface area contributed by atoms with Crippen LogP contribution in [-0.2, 0) is 6.42 Å². The first kappa shape index (κ1) is 16.5. The molecular formula is C20H25N3O. The Morgan fingerprint density at radius 3 is 2.62 bits per heavy atom. The first-order valence-electron chi connectivity index (χ1n) is 8.80. The summed E-state index contributed by atoms with van der Waals surface area (Å²) in [7, 11) is 0. The summed E-state index contributed by atoms with van der Waals surface area (Å²) in [4.78, 5) is 19.3. The van der Waals surface area contributed by atoms with Gasteiger partial charge in [-0.15, -0.1) is 0 Å². The van der Waals surface area contributed by atoms with Crippen molar-refractivity contribution in [3.8, 4) is 0 Å². The van der Waals surface area contributed by atoms with Crippen molar-refractivity contribution in [3.63, 3.8) is 0 Å². The molecule has 24 heavy (non-hydrogen) atoms. The number of carbonyl (C=O) groups excluding carboxylic acids is 1. The second kappa shape index (κ2) is 7.47. The smallest absolute Gasteiger partial charge is 0.274 e. The Morgan fingerprint density at radius 1 is 1.17 bits per heavy atom. The average molecular weight is 323 g/mol. The maximum Gasteiger partial charge on any atom is 0.274 e. The Bertz CT molecular complexity index is 703. The van der Waals surface area contributed by atoms with Crippen LogP contribution in [0.15, 0.2) is 36.5 Å². The van der Waals surface area contributed by atoms with Crippen LogP contribution in [0.25, 0.3) is 0 Å². The Labute approximate surface area is 143 Å². The first-order chi connectivity index (χ1) is 11.7. The molecule has 0 spiro atoms. The fourth-order valence-corrected chi connectivity index (χ4v) is 3.24. The van der Waals surface area contributed by atoms with Gasteiger partial charge in [-0.2, -0.15) is 0 Å². The van der Waals surface area contributed by atoms with Crippen molar-refractivity contribution < 1.29 is 4.79 Å². The second-order valence-electron chi connectivity index (χ2n) is 6.37. The molecule has 4 heteroatoms. The van der Waals surface area contributed by atoms with E-state index in [1.807, 2.05) is 37.4 Å². The molecule has 1 fully saturated rings. The number of aryl methyl sites for hydroxylation is 2. The quantitative estimate of drug-likeness (QED) is 0.917. The van der Waals surface area contributed by atoms with Gasteiger partial charge >= 0.3 is 0 Å². The maximum atomic E-state index is 12.5. The van der Waals surface area contributed by atoms with E-state index in [1.54, 1.807) is 0 Å². The molecule has 0 saturated carbocycles. The zero-order chi connectivity index (χ0) is 16.9. The van der Waals surface area contributed by atoms with Crippen molar-refractivity contribution in [2.45, 2.75) is 39.5 Å². The number of carbonyl (C=O) groups is 1. The lowest BCUT2D eigenvalue weighted by molar-refractivity contribution is 0.102. The maximum absolute atomic E-state index is 12.5. The summed E-state index contributed by atoms with van der Waals surface area (Å²) in [5, 5.41) is 3.03. The summed E-state index contributed by atoms with van der Waals surface area (Å²) < 4.78 is 0. The zero-order valence-corrected chi connectivity index (χ0v) is 14.5. The van der Waals surface area contributed by atoms with Crippen molar-refractivity contribution in [2.24, 2.45) is 0 Å². The summed E-state index contributed by atoms with van der Waals surface area (Å²) in [6.45, 7) is 6.27. The lowest BCUT2D eigenvalue weighted by atomic mass is 10.1. The molecule has 2 heterocycles. The van der Waals surface area contributed by atoms with Gasteiger partial charge in [-0.25, -0.2) is 4.98 Å². The number of amides is 1. The molecule has 1 N–H and O–H groups in total. The molecule has 2 aromatic rings. The largest absolute Gasteiger partial charge is 0.370 e.